The van der Waals surface area contributed by atoms with Gasteiger partial charge in [-0.1, -0.05) is 22.9 Å². The van der Waals surface area contributed by atoms with E-state index < -0.39 is 5.97 Å². The summed E-state index contributed by atoms with van der Waals surface area (Å²) in [5, 5.41) is 3.67. The van der Waals surface area contributed by atoms with Gasteiger partial charge in [0.2, 0.25) is 0 Å². The lowest BCUT2D eigenvalue weighted by molar-refractivity contribution is 0.0606. The molecule has 0 fully saturated rings. The molecule has 1 aromatic heterocycles. The Bertz CT molecular complexity index is 703. The maximum absolute atomic E-state index is 11.5. The fourth-order valence-electron chi connectivity index (χ4n) is 1.79. The highest BCUT2D eigenvalue weighted by molar-refractivity contribution is 7.18. The van der Waals surface area contributed by atoms with Crippen LogP contribution in [0.3, 0.4) is 0 Å². The van der Waals surface area contributed by atoms with Gasteiger partial charge in [0.1, 0.15) is 0 Å². The Hall–Kier alpha value is -1.99. The highest BCUT2D eigenvalue weighted by Crippen LogP contribution is 2.34. The molecule has 23 heavy (non-hydrogen) atoms. The van der Waals surface area contributed by atoms with Gasteiger partial charge in [0.15, 0.2) is 26.7 Å². The Kier molecular flexibility index (Phi) is 5.68. The third-order valence-corrected chi connectivity index (χ3v) is 4.07. The number of ether oxygens (including phenoxy) is 3. The largest absolute Gasteiger partial charge is 0.493 e. The van der Waals surface area contributed by atoms with E-state index in [4.69, 9.17) is 21.1 Å². The number of benzene rings is 1. The molecule has 0 saturated carbocycles. The standard InChI is InChI=1S/C15H17ClN2O4S/c1-8(2)22-10-6-5-9(7-11(10)20-3)17-15-18-13(16)12(23-15)14(19)21-4/h5-8H,1-4H3,(H,17,18). The van der Waals surface area contributed by atoms with Crippen molar-refractivity contribution < 1.29 is 19.0 Å². The van der Waals surface area contributed by atoms with Gasteiger partial charge in [-0.25, -0.2) is 9.78 Å². The van der Waals surface area contributed by atoms with Crippen molar-refractivity contribution >= 4 is 39.7 Å². The number of carbonyl (C=O) groups is 1. The molecule has 0 spiro atoms. The molecule has 0 aliphatic heterocycles. The van der Waals surface area contributed by atoms with Crippen molar-refractivity contribution in [3.8, 4) is 11.5 Å². The molecule has 6 nitrogen and oxygen atoms in total. The topological polar surface area (TPSA) is 69.7 Å². The predicted molar refractivity (Wildman–Crippen MR) is 90.5 cm³/mol. The van der Waals surface area contributed by atoms with Crippen LogP contribution in [0.2, 0.25) is 5.15 Å². The zero-order valence-electron chi connectivity index (χ0n) is 13.2. The summed E-state index contributed by atoms with van der Waals surface area (Å²) in [6.07, 6.45) is 0.0445. The Balaban J connectivity index is 2.22. The van der Waals surface area contributed by atoms with Gasteiger partial charge in [0.05, 0.1) is 20.3 Å². The maximum atomic E-state index is 11.5. The number of hydrogen-bond donors (Lipinski definition) is 1. The number of carbonyl (C=O) groups excluding carboxylic acids is 1. The van der Waals surface area contributed by atoms with E-state index in [1.807, 2.05) is 19.9 Å². The lowest BCUT2D eigenvalue weighted by Crippen LogP contribution is -2.06. The number of thiazole rings is 1. The first-order valence-electron chi connectivity index (χ1n) is 6.81. The van der Waals surface area contributed by atoms with E-state index in [-0.39, 0.29) is 16.1 Å². The number of halogens is 1. The van der Waals surface area contributed by atoms with Crippen LogP contribution in [-0.4, -0.2) is 31.3 Å². The zero-order chi connectivity index (χ0) is 17.0. The van der Waals surface area contributed by atoms with Crippen LogP contribution in [0.1, 0.15) is 23.5 Å². The van der Waals surface area contributed by atoms with E-state index in [0.29, 0.717) is 16.6 Å². The van der Waals surface area contributed by atoms with Crippen LogP contribution < -0.4 is 14.8 Å². The summed E-state index contributed by atoms with van der Waals surface area (Å²) in [4.78, 5) is 15.9. The minimum Gasteiger partial charge on any atom is -0.493 e. The maximum Gasteiger partial charge on any atom is 0.351 e. The van der Waals surface area contributed by atoms with E-state index in [2.05, 4.69) is 15.0 Å². The molecule has 8 heteroatoms. The van der Waals surface area contributed by atoms with Crippen LogP contribution in [0.4, 0.5) is 10.8 Å². The Morgan fingerprint density at radius 3 is 2.65 bits per heavy atom. The first kappa shape index (κ1) is 17.4. The van der Waals surface area contributed by atoms with Crippen LogP contribution >= 0.6 is 22.9 Å². The number of esters is 1. The number of nitrogens with one attached hydrogen (secondary N) is 1. The molecule has 0 radical (unpaired) electrons. The van der Waals surface area contributed by atoms with Gasteiger partial charge < -0.3 is 19.5 Å². The van der Waals surface area contributed by atoms with Gasteiger partial charge in [-0.3, -0.25) is 0 Å². The normalized spacial score (nSPS) is 10.5. The molecule has 2 rings (SSSR count). The highest BCUT2D eigenvalue weighted by Gasteiger charge is 2.17. The summed E-state index contributed by atoms with van der Waals surface area (Å²) < 4.78 is 15.6. The van der Waals surface area contributed by atoms with E-state index >= 15 is 0 Å². The van der Waals surface area contributed by atoms with Crippen LogP contribution in [0, 0.1) is 0 Å². The second-order valence-corrected chi connectivity index (χ2v) is 6.14. The Labute approximate surface area is 143 Å². The second-order valence-electron chi connectivity index (χ2n) is 4.79. The molecule has 0 atom stereocenters. The molecule has 0 amide bonds. The third kappa shape index (κ3) is 4.27. The molecule has 0 unspecified atom stereocenters. The van der Waals surface area contributed by atoms with Gasteiger partial charge in [0.25, 0.3) is 0 Å². The van der Waals surface area contributed by atoms with Crippen molar-refractivity contribution in [1.29, 1.82) is 0 Å². The van der Waals surface area contributed by atoms with Crippen LogP contribution in [0.15, 0.2) is 18.2 Å². The smallest absolute Gasteiger partial charge is 0.351 e. The molecular formula is C15H17ClN2O4S. The minimum atomic E-state index is -0.515. The zero-order valence-corrected chi connectivity index (χ0v) is 14.7. The molecule has 1 aromatic carbocycles. The van der Waals surface area contributed by atoms with Crippen LogP contribution in [0.5, 0.6) is 11.5 Å². The summed E-state index contributed by atoms with van der Waals surface area (Å²) >= 11 is 7.05. The minimum absolute atomic E-state index is 0.0445. The monoisotopic (exact) mass is 356 g/mol. The molecular weight excluding hydrogens is 340 g/mol. The van der Waals surface area contributed by atoms with Crippen molar-refractivity contribution in [2.45, 2.75) is 20.0 Å². The average Bonchev–Trinajstić information content (AvgIpc) is 2.88. The quantitative estimate of drug-likeness (QED) is 0.785. The van der Waals surface area contributed by atoms with Crippen molar-refractivity contribution in [3.05, 3.63) is 28.2 Å². The lowest BCUT2D eigenvalue weighted by atomic mass is 10.2. The Morgan fingerprint density at radius 2 is 2.04 bits per heavy atom. The first-order chi connectivity index (χ1) is 10.9. The van der Waals surface area contributed by atoms with Crippen molar-refractivity contribution in [1.82, 2.24) is 4.98 Å². The summed E-state index contributed by atoms with van der Waals surface area (Å²) in [5.41, 5.74) is 0.736. The summed E-state index contributed by atoms with van der Waals surface area (Å²) in [7, 11) is 2.87. The second kappa shape index (κ2) is 7.52. The summed E-state index contributed by atoms with van der Waals surface area (Å²) in [5.74, 6) is 0.735. The Morgan fingerprint density at radius 1 is 1.30 bits per heavy atom. The van der Waals surface area contributed by atoms with E-state index in [9.17, 15) is 4.79 Å². The molecule has 0 bridgehead atoms. The number of anilines is 2. The van der Waals surface area contributed by atoms with Gasteiger partial charge in [-0.15, -0.1) is 0 Å². The third-order valence-electron chi connectivity index (χ3n) is 2.73. The molecule has 0 aliphatic carbocycles. The first-order valence-corrected chi connectivity index (χ1v) is 8.00. The van der Waals surface area contributed by atoms with Crippen LogP contribution in [-0.2, 0) is 4.74 Å². The van der Waals surface area contributed by atoms with Crippen molar-refractivity contribution in [2.75, 3.05) is 19.5 Å². The number of nitrogens with zero attached hydrogens (tertiary/aromatic N) is 1. The van der Waals surface area contributed by atoms with Gasteiger partial charge >= 0.3 is 5.97 Å². The molecule has 0 saturated heterocycles. The predicted octanol–water partition coefficient (Wildman–Crippen LogP) is 4.12. The van der Waals surface area contributed by atoms with E-state index in [1.165, 1.54) is 7.11 Å². The molecule has 124 valence electrons. The van der Waals surface area contributed by atoms with E-state index in [1.54, 1.807) is 19.2 Å². The number of methoxy groups -OCH3 is 2. The lowest BCUT2D eigenvalue weighted by Gasteiger charge is -2.14. The number of rotatable bonds is 6. The van der Waals surface area contributed by atoms with E-state index in [0.717, 1.165) is 17.0 Å². The van der Waals surface area contributed by atoms with Crippen LogP contribution in [0.25, 0.3) is 0 Å². The van der Waals surface area contributed by atoms with Gasteiger partial charge in [-0.2, -0.15) is 0 Å². The summed E-state index contributed by atoms with van der Waals surface area (Å²) in [6, 6.07) is 5.41. The molecule has 0 aliphatic rings. The van der Waals surface area contributed by atoms with Gasteiger partial charge in [-0.05, 0) is 26.0 Å². The fourth-order valence-corrected chi connectivity index (χ4v) is 2.92. The number of aromatic nitrogens is 1. The molecule has 1 N–H and O–H groups in total. The SMILES string of the molecule is COC(=O)c1sc(Nc2ccc(OC(C)C)c(OC)c2)nc1Cl. The van der Waals surface area contributed by atoms with Crippen molar-refractivity contribution in [2.24, 2.45) is 0 Å². The van der Waals surface area contributed by atoms with Gasteiger partial charge in [0, 0.05) is 11.8 Å². The van der Waals surface area contributed by atoms with Crippen molar-refractivity contribution in [3.63, 3.8) is 0 Å². The molecule has 2 aromatic rings. The number of hydrogen-bond acceptors (Lipinski definition) is 7. The fraction of sp³-hybridized carbons (Fsp3) is 0.333. The summed E-state index contributed by atoms with van der Waals surface area (Å²) in [6.45, 7) is 3.88. The molecule has 1 heterocycles. The average molecular weight is 357 g/mol. The highest BCUT2D eigenvalue weighted by atomic mass is 35.5.